The molecule has 0 aliphatic heterocycles. The molecule has 2 N–H and O–H groups in total. The first-order chi connectivity index (χ1) is 9.18. The largest absolute Gasteiger partial charge is 0.366 e. The van der Waals surface area contributed by atoms with Gasteiger partial charge in [0.1, 0.15) is 0 Å². The maximum absolute atomic E-state index is 11.3. The number of hydrogen-bond donors (Lipinski definition) is 1. The van der Waals surface area contributed by atoms with Gasteiger partial charge in [-0.25, -0.2) is 0 Å². The smallest absolute Gasteiger partial charge is 0.248 e. The van der Waals surface area contributed by atoms with E-state index in [1.807, 2.05) is 30.3 Å². The summed E-state index contributed by atoms with van der Waals surface area (Å²) in [5.41, 5.74) is 6.48. The van der Waals surface area contributed by atoms with E-state index in [0.29, 0.717) is 5.57 Å². The van der Waals surface area contributed by atoms with Crippen LogP contribution in [0.15, 0.2) is 61.2 Å². The number of fused-ring (bicyclic) bond motifs is 3. The zero-order valence-corrected chi connectivity index (χ0v) is 10.4. The van der Waals surface area contributed by atoms with Crippen molar-refractivity contribution in [3.05, 3.63) is 66.7 Å². The van der Waals surface area contributed by atoms with E-state index in [-0.39, 0.29) is 0 Å². The second kappa shape index (κ2) is 4.25. The maximum Gasteiger partial charge on any atom is 0.248 e. The number of hydrogen-bond acceptors (Lipinski definition) is 1. The van der Waals surface area contributed by atoms with Crippen LogP contribution in [-0.2, 0) is 4.79 Å². The second-order valence-corrected chi connectivity index (χ2v) is 4.53. The van der Waals surface area contributed by atoms with Crippen LogP contribution in [0.25, 0.3) is 27.1 Å². The molecule has 2 nitrogen and oxygen atoms in total. The number of amides is 1. The van der Waals surface area contributed by atoms with Gasteiger partial charge in [-0.3, -0.25) is 4.79 Å². The number of primary amides is 1. The lowest BCUT2D eigenvalue weighted by Crippen LogP contribution is -2.12. The lowest BCUT2D eigenvalue weighted by atomic mass is 9.95. The van der Waals surface area contributed by atoms with Gasteiger partial charge in [-0.1, -0.05) is 61.2 Å². The first-order valence-corrected chi connectivity index (χ1v) is 6.08. The zero-order valence-electron chi connectivity index (χ0n) is 10.4. The van der Waals surface area contributed by atoms with Crippen LogP contribution in [0.4, 0.5) is 0 Å². The van der Waals surface area contributed by atoms with Crippen molar-refractivity contribution >= 4 is 33.0 Å². The summed E-state index contributed by atoms with van der Waals surface area (Å²) in [7, 11) is 0. The highest BCUT2D eigenvalue weighted by Gasteiger charge is 2.10. The Bertz CT molecular complexity index is 818. The highest BCUT2D eigenvalue weighted by atomic mass is 16.1. The van der Waals surface area contributed by atoms with Crippen molar-refractivity contribution in [2.24, 2.45) is 5.73 Å². The predicted molar refractivity (Wildman–Crippen MR) is 79.7 cm³/mol. The van der Waals surface area contributed by atoms with E-state index < -0.39 is 5.91 Å². The fourth-order valence-corrected chi connectivity index (χ4v) is 2.44. The highest BCUT2D eigenvalue weighted by Crippen LogP contribution is 2.30. The average Bonchev–Trinajstić information content (AvgIpc) is 2.45. The van der Waals surface area contributed by atoms with Gasteiger partial charge in [0.05, 0.1) is 0 Å². The Hall–Kier alpha value is -2.61. The van der Waals surface area contributed by atoms with E-state index in [1.165, 1.54) is 10.8 Å². The van der Waals surface area contributed by atoms with Crippen LogP contribution in [0.1, 0.15) is 5.56 Å². The lowest BCUT2D eigenvalue weighted by Gasteiger charge is -2.09. The molecular formula is C17H13NO. The van der Waals surface area contributed by atoms with Gasteiger partial charge in [0, 0.05) is 5.57 Å². The summed E-state index contributed by atoms with van der Waals surface area (Å²) in [4.78, 5) is 11.3. The molecule has 0 spiro atoms. The third kappa shape index (κ3) is 1.78. The minimum absolute atomic E-state index is 0.348. The maximum atomic E-state index is 11.3. The Morgan fingerprint density at radius 3 is 2.37 bits per heavy atom. The van der Waals surface area contributed by atoms with E-state index in [2.05, 4.69) is 30.8 Å². The molecule has 1 amide bonds. The van der Waals surface area contributed by atoms with Crippen molar-refractivity contribution < 1.29 is 4.79 Å². The van der Waals surface area contributed by atoms with Crippen LogP contribution in [0.5, 0.6) is 0 Å². The van der Waals surface area contributed by atoms with Crippen molar-refractivity contribution in [1.82, 2.24) is 0 Å². The highest BCUT2D eigenvalue weighted by molar-refractivity contribution is 6.23. The molecule has 92 valence electrons. The molecule has 0 saturated heterocycles. The van der Waals surface area contributed by atoms with Gasteiger partial charge in [0.2, 0.25) is 5.91 Å². The van der Waals surface area contributed by atoms with E-state index in [9.17, 15) is 4.79 Å². The van der Waals surface area contributed by atoms with Gasteiger partial charge in [0.15, 0.2) is 0 Å². The van der Waals surface area contributed by atoms with Crippen LogP contribution < -0.4 is 5.73 Å². The first kappa shape index (κ1) is 11.5. The fourth-order valence-electron chi connectivity index (χ4n) is 2.44. The molecule has 0 bridgehead atoms. The molecule has 0 aromatic heterocycles. The van der Waals surface area contributed by atoms with Crippen molar-refractivity contribution in [1.29, 1.82) is 0 Å². The number of nitrogens with two attached hydrogens (primary N) is 1. The van der Waals surface area contributed by atoms with E-state index >= 15 is 0 Å². The number of benzene rings is 3. The summed E-state index contributed by atoms with van der Waals surface area (Å²) < 4.78 is 0. The molecule has 0 atom stereocenters. The molecular weight excluding hydrogens is 234 g/mol. The van der Waals surface area contributed by atoms with Crippen molar-refractivity contribution in [3.8, 4) is 0 Å². The Morgan fingerprint density at radius 1 is 0.842 bits per heavy atom. The topological polar surface area (TPSA) is 43.1 Å². The summed E-state index contributed by atoms with van der Waals surface area (Å²) in [5.74, 6) is -0.486. The Balaban J connectivity index is 2.41. The number of carbonyl (C=O) groups excluding carboxylic acids is 1. The van der Waals surface area contributed by atoms with Crippen LogP contribution in [0, 0.1) is 0 Å². The molecule has 0 saturated carbocycles. The normalized spacial score (nSPS) is 10.7. The predicted octanol–water partition coefficient (Wildman–Crippen LogP) is 3.49. The van der Waals surface area contributed by atoms with Crippen molar-refractivity contribution in [2.75, 3.05) is 0 Å². The Morgan fingerprint density at radius 2 is 1.58 bits per heavy atom. The van der Waals surface area contributed by atoms with Crippen LogP contribution >= 0.6 is 0 Å². The van der Waals surface area contributed by atoms with Gasteiger partial charge >= 0.3 is 0 Å². The quantitative estimate of drug-likeness (QED) is 0.546. The summed E-state index contributed by atoms with van der Waals surface area (Å²) in [6, 6.07) is 18.1. The summed E-state index contributed by atoms with van der Waals surface area (Å²) in [6.45, 7) is 3.78. The Kier molecular flexibility index (Phi) is 2.57. The molecule has 0 heterocycles. The first-order valence-electron chi connectivity index (χ1n) is 6.08. The number of rotatable bonds is 2. The molecule has 0 aliphatic rings. The third-order valence-corrected chi connectivity index (χ3v) is 3.41. The minimum atomic E-state index is -0.486. The van der Waals surface area contributed by atoms with Crippen LogP contribution in [0.2, 0.25) is 0 Å². The van der Waals surface area contributed by atoms with Gasteiger partial charge in [-0.05, 0) is 27.1 Å². The van der Waals surface area contributed by atoms with Crippen molar-refractivity contribution in [2.45, 2.75) is 0 Å². The molecule has 2 heteroatoms. The van der Waals surface area contributed by atoms with Gasteiger partial charge < -0.3 is 5.73 Å². The minimum Gasteiger partial charge on any atom is -0.366 e. The van der Waals surface area contributed by atoms with E-state index in [4.69, 9.17) is 5.73 Å². The van der Waals surface area contributed by atoms with Crippen LogP contribution in [-0.4, -0.2) is 5.91 Å². The number of carbonyl (C=O) groups is 1. The molecule has 0 radical (unpaired) electrons. The monoisotopic (exact) mass is 247 g/mol. The lowest BCUT2D eigenvalue weighted by molar-refractivity contribution is -0.112. The van der Waals surface area contributed by atoms with Gasteiger partial charge in [0.25, 0.3) is 0 Å². The molecule has 0 fully saturated rings. The van der Waals surface area contributed by atoms with Gasteiger partial charge in [-0.15, -0.1) is 0 Å². The summed E-state index contributed by atoms with van der Waals surface area (Å²) in [6.07, 6.45) is 0. The molecule has 3 aromatic carbocycles. The molecule has 0 aliphatic carbocycles. The molecule has 3 rings (SSSR count). The van der Waals surface area contributed by atoms with Crippen molar-refractivity contribution in [3.63, 3.8) is 0 Å². The second-order valence-electron chi connectivity index (χ2n) is 4.53. The van der Waals surface area contributed by atoms with Crippen LogP contribution in [0.3, 0.4) is 0 Å². The Labute approximate surface area is 111 Å². The fraction of sp³-hybridized carbons (Fsp3) is 0. The van der Waals surface area contributed by atoms with E-state index in [0.717, 1.165) is 16.3 Å². The zero-order chi connectivity index (χ0) is 13.4. The summed E-state index contributed by atoms with van der Waals surface area (Å²) in [5, 5.41) is 4.46. The molecule has 19 heavy (non-hydrogen) atoms. The molecule has 0 unspecified atom stereocenters. The third-order valence-electron chi connectivity index (χ3n) is 3.41. The average molecular weight is 247 g/mol. The van der Waals surface area contributed by atoms with E-state index in [1.54, 1.807) is 0 Å². The standard InChI is InChI=1S/C17H13NO/c1-11(17(18)19)13-7-4-8-15-14-6-3-2-5-12(14)9-10-16(13)15/h2-10H,1H2,(H2,18,19). The molecule has 3 aromatic rings. The SMILES string of the molecule is C=C(C(N)=O)c1cccc2c1ccc1ccccc12. The summed E-state index contributed by atoms with van der Waals surface area (Å²) >= 11 is 0. The van der Waals surface area contributed by atoms with Gasteiger partial charge in [-0.2, -0.15) is 0 Å².